The molecule has 7 nitrogen and oxygen atoms in total. The van der Waals surface area contributed by atoms with Crippen LogP contribution in [0.3, 0.4) is 0 Å². The Balaban J connectivity index is 1.73. The molecule has 4 rings (SSSR count). The zero-order valence-corrected chi connectivity index (χ0v) is 20.2. The number of carbonyl (C=O) groups excluding carboxylic acids is 1. The number of aryl methyl sites for hydroxylation is 1. The number of ether oxygens (including phenoxy) is 1. The first-order valence-corrected chi connectivity index (χ1v) is 12.6. The molecule has 1 heterocycles. The average Bonchev–Trinajstić information content (AvgIpc) is 2.84. The number of fused-ring (bicyclic) bond motifs is 1. The molecule has 8 heteroatoms. The van der Waals surface area contributed by atoms with Gasteiger partial charge >= 0.3 is 0 Å². The number of nitrogens with one attached hydrogen (secondary N) is 1. The highest BCUT2D eigenvalue weighted by Crippen LogP contribution is 2.36. The molecule has 0 radical (unpaired) electrons. The van der Waals surface area contributed by atoms with Crippen LogP contribution in [-0.2, 0) is 10.0 Å². The van der Waals surface area contributed by atoms with Crippen molar-refractivity contribution >= 4 is 33.1 Å². The molecule has 3 aromatic rings. The Morgan fingerprint density at radius 3 is 2.47 bits per heavy atom. The lowest BCUT2D eigenvalue weighted by Crippen LogP contribution is -2.37. The summed E-state index contributed by atoms with van der Waals surface area (Å²) in [6.45, 7) is 4.54. The molecule has 1 amide bonds. The monoisotopic (exact) mass is 477 g/mol. The van der Waals surface area contributed by atoms with Crippen LogP contribution in [0, 0.1) is 6.92 Å². The summed E-state index contributed by atoms with van der Waals surface area (Å²) in [6, 6.07) is 19.3. The van der Waals surface area contributed by atoms with Gasteiger partial charge in [-0.3, -0.25) is 4.79 Å². The van der Waals surface area contributed by atoms with Crippen LogP contribution in [0.5, 0.6) is 5.75 Å². The van der Waals surface area contributed by atoms with Crippen LogP contribution < -0.4 is 15.0 Å². The van der Waals surface area contributed by atoms with E-state index < -0.39 is 10.0 Å². The second-order valence-electron chi connectivity index (χ2n) is 8.08. The molecule has 0 saturated carbocycles. The first kappa shape index (κ1) is 23.5. The summed E-state index contributed by atoms with van der Waals surface area (Å²) in [5, 5.41) is 2.82. The molecule has 0 aliphatic carbocycles. The first-order chi connectivity index (χ1) is 16.3. The number of nitrogens with zero attached hydrogens (tertiary/aromatic N) is 2. The molecule has 176 valence electrons. The predicted octanol–water partition coefficient (Wildman–Crippen LogP) is 5.01. The van der Waals surface area contributed by atoms with Crippen LogP contribution in [0.1, 0.15) is 41.3 Å². The fourth-order valence-electron chi connectivity index (χ4n) is 3.87. The van der Waals surface area contributed by atoms with E-state index in [0.717, 1.165) is 18.4 Å². The Bertz CT molecular complexity index is 1350. The topological polar surface area (TPSA) is 88.1 Å². The standard InChI is InChI=1S/C26H27N3O4S/c1-4-5-16-29-23-15-12-20(27-26(30)22-9-7-6-8-18(22)2)17-24(23)34(31,32)28-25(29)19-10-13-21(33-3)14-11-19/h6-15,17H,4-5,16H2,1-3H3,(H,27,30). The number of sulfonamides is 1. The van der Waals surface area contributed by atoms with E-state index in [2.05, 4.69) is 16.6 Å². The summed E-state index contributed by atoms with van der Waals surface area (Å²) in [7, 11) is -2.40. The van der Waals surface area contributed by atoms with Crippen LogP contribution in [0.4, 0.5) is 11.4 Å². The second-order valence-corrected chi connectivity index (χ2v) is 9.65. The highest BCUT2D eigenvalue weighted by atomic mass is 32.2. The van der Waals surface area contributed by atoms with Crippen molar-refractivity contribution in [2.45, 2.75) is 31.6 Å². The van der Waals surface area contributed by atoms with Gasteiger partial charge in [0.1, 0.15) is 10.6 Å². The minimum atomic E-state index is -3.98. The normalized spacial score (nSPS) is 14.2. The Morgan fingerprint density at radius 1 is 1.06 bits per heavy atom. The smallest absolute Gasteiger partial charge is 0.286 e. The summed E-state index contributed by atoms with van der Waals surface area (Å²) in [5.74, 6) is 0.759. The lowest BCUT2D eigenvalue weighted by Gasteiger charge is -2.31. The van der Waals surface area contributed by atoms with Crippen LogP contribution in [0.15, 0.2) is 76.0 Å². The van der Waals surface area contributed by atoms with Crippen molar-refractivity contribution in [1.82, 2.24) is 0 Å². The number of amidine groups is 1. The van der Waals surface area contributed by atoms with E-state index in [0.29, 0.717) is 40.6 Å². The summed E-state index contributed by atoms with van der Waals surface area (Å²) in [5.41, 5.74) is 3.00. The van der Waals surface area contributed by atoms with E-state index in [1.165, 1.54) is 6.07 Å². The summed E-state index contributed by atoms with van der Waals surface area (Å²) in [6.07, 6.45) is 1.81. The SMILES string of the molecule is CCCCN1C(c2ccc(OC)cc2)=NS(=O)(=O)c2cc(NC(=O)c3ccccc3C)ccc21. The Kier molecular flexibility index (Phi) is 6.70. The minimum Gasteiger partial charge on any atom is -0.497 e. The van der Waals surface area contributed by atoms with Gasteiger partial charge in [-0.15, -0.1) is 4.40 Å². The quantitative estimate of drug-likeness (QED) is 0.517. The van der Waals surface area contributed by atoms with E-state index >= 15 is 0 Å². The number of benzene rings is 3. The fraction of sp³-hybridized carbons (Fsp3) is 0.231. The number of methoxy groups -OCH3 is 1. The van der Waals surface area contributed by atoms with Gasteiger partial charge in [0.15, 0.2) is 5.84 Å². The third kappa shape index (κ3) is 4.68. The molecule has 3 aromatic carbocycles. The Morgan fingerprint density at radius 2 is 1.79 bits per heavy atom. The summed E-state index contributed by atoms with van der Waals surface area (Å²) < 4.78 is 35.8. The van der Waals surface area contributed by atoms with Gasteiger partial charge in [-0.25, -0.2) is 0 Å². The first-order valence-electron chi connectivity index (χ1n) is 11.1. The third-order valence-electron chi connectivity index (χ3n) is 5.72. The zero-order valence-electron chi connectivity index (χ0n) is 19.4. The van der Waals surface area contributed by atoms with Crippen molar-refractivity contribution in [3.8, 4) is 5.75 Å². The number of unbranched alkanes of at least 4 members (excludes halogenated alkanes) is 1. The molecule has 0 atom stereocenters. The van der Waals surface area contributed by atoms with Crippen molar-refractivity contribution < 1.29 is 17.9 Å². The van der Waals surface area contributed by atoms with Gasteiger partial charge in [0.05, 0.1) is 12.8 Å². The molecule has 0 unspecified atom stereocenters. The van der Waals surface area contributed by atoms with E-state index in [1.807, 2.05) is 24.0 Å². The highest BCUT2D eigenvalue weighted by Gasteiger charge is 2.32. The van der Waals surface area contributed by atoms with Crippen molar-refractivity contribution in [2.75, 3.05) is 23.9 Å². The van der Waals surface area contributed by atoms with E-state index in [4.69, 9.17) is 4.74 Å². The molecular formula is C26H27N3O4S. The largest absolute Gasteiger partial charge is 0.497 e. The maximum atomic E-state index is 13.2. The predicted molar refractivity (Wildman–Crippen MR) is 135 cm³/mol. The summed E-state index contributed by atoms with van der Waals surface area (Å²) >= 11 is 0. The van der Waals surface area contributed by atoms with Gasteiger partial charge in [-0.1, -0.05) is 31.5 Å². The van der Waals surface area contributed by atoms with Crippen LogP contribution in [-0.4, -0.2) is 33.8 Å². The van der Waals surface area contributed by atoms with Crippen LogP contribution >= 0.6 is 0 Å². The number of anilines is 2. The number of hydrogen-bond acceptors (Lipinski definition) is 5. The zero-order chi connectivity index (χ0) is 24.3. The molecule has 1 aliphatic rings. The van der Waals surface area contributed by atoms with Gasteiger partial charge < -0.3 is 15.0 Å². The van der Waals surface area contributed by atoms with Gasteiger partial charge in [-0.05, 0) is 67.4 Å². The lowest BCUT2D eigenvalue weighted by molar-refractivity contribution is 0.102. The fourth-order valence-corrected chi connectivity index (χ4v) is 5.11. The van der Waals surface area contributed by atoms with Gasteiger partial charge in [0.25, 0.3) is 15.9 Å². The molecule has 34 heavy (non-hydrogen) atoms. The average molecular weight is 478 g/mol. The second kappa shape index (κ2) is 9.69. The van der Waals surface area contributed by atoms with Crippen LogP contribution in [0.2, 0.25) is 0 Å². The number of rotatable bonds is 7. The minimum absolute atomic E-state index is 0.0726. The van der Waals surface area contributed by atoms with Crippen molar-refractivity contribution in [3.63, 3.8) is 0 Å². The van der Waals surface area contributed by atoms with Gasteiger partial charge in [0, 0.05) is 23.4 Å². The van der Waals surface area contributed by atoms with E-state index in [1.54, 1.807) is 55.6 Å². The number of hydrogen-bond donors (Lipinski definition) is 1. The van der Waals surface area contributed by atoms with E-state index in [-0.39, 0.29) is 10.8 Å². The molecule has 1 aliphatic heterocycles. The van der Waals surface area contributed by atoms with E-state index in [9.17, 15) is 13.2 Å². The molecule has 0 spiro atoms. The maximum absolute atomic E-state index is 13.2. The highest BCUT2D eigenvalue weighted by molar-refractivity contribution is 7.90. The van der Waals surface area contributed by atoms with Crippen LogP contribution in [0.25, 0.3) is 0 Å². The molecule has 0 fully saturated rings. The number of amides is 1. The molecule has 0 aromatic heterocycles. The van der Waals surface area contributed by atoms with Crippen molar-refractivity contribution in [1.29, 1.82) is 0 Å². The maximum Gasteiger partial charge on any atom is 0.286 e. The number of carbonyl (C=O) groups is 1. The Labute approximate surface area is 200 Å². The lowest BCUT2D eigenvalue weighted by atomic mass is 10.1. The molecular weight excluding hydrogens is 450 g/mol. The van der Waals surface area contributed by atoms with Gasteiger partial charge in [-0.2, -0.15) is 8.42 Å². The van der Waals surface area contributed by atoms with Crippen molar-refractivity contribution in [3.05, 3.63) is 83.4 Å². The van der Waals surface area contributed by atoms with Crippen molar-refractivity contribution in [2.24, 2.45) is 4.40 Å². The molecule has 1 N–H and O–H groups in total. The molecule has 0 bridgehead atoms. The summed E-state index contributed by atoms with van der Waals surface area (Å²) in [4.78, 5) is 14.7. The van der Waals surface area contributed by atoms with Gasteiger partial charge in [0.2, 0.25) is 0 Å². The molecule has 0 saturated heterocycles. The Hall–Kier alpha value is -3.65. The third-order valence-corrected chi connectivity index (χ3v) is 7.02.